The Morgan fingerprint density at radius 2 is 1.62 bits per heavy atom. The first-order chi connectivity index (χ1) is 19.0. The molecule has 4 heterocycles. The molecule has 2 aliphatic carbocycles. The molecule has 0 spiro atoms. The fourth-order valence-corrected chi connectivity index (χ4v) is 9.81. The van der Waals surface area contributed by atoms with Gasteiger partial charge in [0.05, 0.1) is 17.6 Å². The van der Waals surface area contributed by atoms with E-state index in [0.29, 0.717) is 24.0 Å². The molecule has 39 heavy (non-hydrogen) atoms. The molecule has 1 unspecified atom stereocenters. The standard InChI is InChI=1S/C33H48N4O2/c1-22-10-11-26-19-28(20-31(22)36(26)27-17-23-6-2-3-7-24(16-23)18-27)37-30-9-5-4-8-29(30)34-33(37)25-12-14-35(15-13-25)21-32(38)39/h4-5,8-9,22-28,31H,2-3,6-7,10-21H2,1H3,(H,38,39)/t22-,23-,24+,26+,27?,28-,31+/m1/s1. The molecule has 7 rings (SSSR count). The molecule has 5 aliphatic rings. The van der Waals surface area contributed by atoms with Crippen LogP contribution in [0.2, 0.25) is 0 Å². The minimum absolute atomic E-state index is 0.158. The van der Waals surface area contributed by atoms with E-state index in [1.165, 1.54) is 82.0 Å². The summed E-state index contributed by atoms with van der Waals surface area (Å²) in [5.74, 6) is 3.69. The largest absolute Gasteiger partial charge is 0.480 e. The number of carbonyl (C=O) groups is 1. The van der Waals surface area contributed by atoms with Gasteiger partial charge in [-0.05, 0) is 101 Å². The van der Waals surface area contributed by atoms with Gasteiger partial charge in [-0.3, -0.25) is 14.6 Å². The van der Waals surface area contributed by atoms with E-state index < -0.39 is 5.97 Å². The molecule has 1 aromatic heterocycles. The number of benzene rings is 1. The molecule has 1 N–H and O–H groups in total. The van der Waals surface area contributed by atoms with Crippen LogP contribution in [0.3, 0.4) is 0 Å². The van der Waals surface area contributed by atoms with Crippen LogP contribution in [0.25, 0.3) is 11.0 Å². The van der Waals surface area contributed by atoms with Crippen molar-refractivity contribution >= 4 is 17.0 Å². The first-order valence-corrected chi connectivity index (χ1v) is 16.2. The van der Waals surface area contributed by atoms with Gasteiger partial charge in [0.1, 0.15) is 5.82 Å². The van der Waals surface area contributed by atoms with Gasteiger partial charge in [0.2, 0.25) is 0 Å². The van der Waals surface area contributed by atoms with Crippen LogP contribution in [0.4, 0.5) is 0 Å². The Labute approximate surface area is 234 Å². The van der Waals surface area contributed by atoms with Crippen molar-refractivity contribution in [2.75, 3.05) is 19.6 Å². The second kappa shape index (κ2) is 10.8. The van der Waals surface area contributed by atoms with Gasteiger partial charge in [0.25, 0.3) is 0 Å². The summed E-state index contributed by atoms with van der Waals surface area (Å²) in [6, 6.07) is 11.5. The van der Waals surface area contributed by atoms with Gasteiger partial charge in [-0.1, -0.05) is 44.7 Å². The predicted molar refractivity (Wildman–Crippen MR) is 155 cm³/mol. The molecule has 0 radical (unpaired) electrons. The van der Waals surface area contributed by atoms with Gasteiger partial charge >= 0.3 is 5.97 Å². The van der Waals surface area contributed by atoms with Crippen molar-refractivity contribution < 1.29 is 9.90 Å². The number of para-hydroxylation sites is 2. The Morgan fingerprint density at radius 3 is 2.36 bits per heavy atom. The average Bonchev–Trinajstić information content (AvgIpc) is 3.23. The Bertz CT molecular complexity index is 1160. The Kier molecular flexibility index (Phi) is 7.21. The number of rotatable bonds is 5. The van der Waals surface area contributed by atoms with Gasteiger partial charge < -0.3 is 9.67 Å². The number of aromatic nitrogens is 2. The second-order valence-electron chi connectivity index (χ2n) is 14.0. The molecule has 2 saturated carbocycles. The predicted octanol–water partition coefficient (Wildman–Crippen LogP) is 6.46. The zero-order chi connectivity index (χ0) is 26.5. The van der Waals surface area contributed by atoms with E-state index >= 15 is 0 Å². The van der Waals surface area contributed by atoms with Crippen molar-refractivity contribution in [1.29, 1.82) is 0 Å². The number of nitrogens with zero attached hydrogens (tertiary/aromatic N) is 4. The molecular weight excluding hydrogens is 484 g/mol. The minimum atomic E-state index is -0.717. The summed E-state index contributed by atoms with van der Waals surface area (Å²) < 4.78 is 2.68. The minimum Gasteiger partial charge on any atom is -0.480 e. The van der Waals surface area contributed by atoms with E-state index in [0.717, 1.165) is 55.2 Å². The highest BCUT2D eigenvalue weighted by molar-refractivity contribution is 5.76. The molecule has 3 aliphatic heterocycles. The van der Waals surface area contributed by atoms with Crippen molar-refractivity contribution in [3.63, 3.8) is 0 Å². The molecule has 5 fully saturated rings. The number of aliphatic carboxylic acids is 1. The molecule has 7 atom stereocenters. The molecule has 6 heteroatoms. The smallest absolute Gasteiger partial charge is 0.317 e. The lowest BCUT2D eigenvalue weighted by Crippen LogP contribution is -2.60. The van der Waals surface area contributed by atoms with Gasteiger partial charge in [-0.25, -0.2) is 4.98 Å². The quantitative estimate of drug-likeness (QED) is 0.479. The number of likely N-dealkylation sites (tertiary alicyclic amines) is 1. The number of hydrogen-bond acceptors (Lipinski definition) is 4. The Morgan fingerprint density at radius 1 is 0.872 bits per heavy atom. The summed E-state index contributed by atoms with van der Waals surface area (Å²) in [5, 5.41) is 9.27. The zero-order valence-electron chi connectivity index (χ0n) is 23.9. The van der Waals surface area contributed by atoms with E-state index in [9.17, 15) is 9.90 Å². The van der Waals surface area contributed by atoms with E-state index in [1.807, 2.05) is 0 Å². The van der Waals surface area contributed by atoms with Crippen LogP contribution in [0, 0.1) is 17.8 Å². The number of imidazole rings is 1. The maximum absolute atomic E-state index is 11.3. The van der Waals surface area contributed by atoms with E-state index in [1.54, 1.807) is 0 Å². The van der Waals surface area contributed by atoms with E-state index in [4.69, 9.17) is 4.98 Å². The monoisotopic (exact) mass is 532 g/mol. The van der Waals surface area contributed by atoms with Crippen LogP contribution in [-0.4, -0.2) is 68.2 Å². The average molecular weight is 533 g/mol. The van der Waals surface area contributed by atoms with E-state index in [2.05, 4.69) is 45.6 Å². The maximum atomic E-state index is 11.3. The third-order valence-electron chi connectivity index (χ3n) is 11.5. The highest BCUT2D eigenvalue weighted by atomic mass is 16.4. The maximum Gasteiger partial charge on any atom is 0.317 e. The van der Waals surface area contributed by atoms with Gasteiger partial charge in [-0.15, -0.1) is 0 Å². The first kappa shape index (κ1) is 26.0. The van der Waals surface area contributed by atoms with Crippen molar-refractivity contribution in [2.24, 2.45) is 17.8 Å². The topological polar surface area (TPSA) is 61.6 Å². The summed E-state index contributed by atoms with van der Waals surface area (Å²) in [7, 11) is 0. The van der Waals surface area contributed by atoms with Crippen molar-refractivity contribution in [2.45, 2.75) is 120 Å². The first-order valence-electron chi connectivity index (χ1n) is 16.2. The number of carboxylic acids is 1. The number of carboxylic acid groups (broad SMARTS) is 1. The SMILES string of the molecule is C[C@@H]1CC[C@H]2C[C@@H](n3c(C4CCN(CC(=O)O)CC4)nc4ccccc43)C[C@@H]1N2C1C[C@H]2CCCC[C@@H](C1)C2. The number of hydrogen-bond donors (Lipinski definition) is 1. The molecule has 0 amide bonds. The van der Waals surface area contributed by atoms with Gasteiger partial charge in [0, 0.05) is 30.1 Å². The van der Waals surface area contributed by atoms with Crippen molar-refractivity contribution in [3.8, 4) is 0 Å². The highest BCUT2D eigenvalue weighted by Gasteiger charge is 2.47. The zero-order valence-corrected chi connectivity index (χ0v) is 23.9. The van der Waals surface area contributed by atoms with Crippen LogP contribution >= 0.6 is 0 Å². The van der Waals surface area contributed by atoms with Crippen LogP contribution in [-0.2, 0) is 4.79 Å². The summed E-state index contributed by atoms with van der Waals surface area (Å²) in [6.07, 6.45) is 17.6. The molecule has 6 nitrogen and oxygen atoms in total. The molecule has 4 bridgehead atoms. The van der Waals surface area contributed by atoms with Crippen LogP contribution in [0.15, 0.2) is 24.3 Å². The molecular formula is C33H48N4O2. The Hall–Kier alpha value is -1.92. The highest BCUT2D eigenvalue weighted by Crippen LogP contribution is 2.49. The van der Waals surface area contributed by atoms with Gasteiger partial charge in [-0.2, -0.15) is 0 Å². The summed E-state index contributed by atoms with van der Waals surface area (Å²) in [6.45, 7) is 4.40. The third kappa shape index (κ3) is 5.05. The van der Waals surface area contributed by atoms with E-state index in [-0.39, 0.29) is 6.54 Å². The normalized spacial score (nSPS) is 36.6. The number of fused-ring (bicyclic) bond motifs is 5. The summed E-state index contributed by atoms with van der Waals surface area (Å²) in [5.41, 5.74) is 2.45. The fourth-order valence-electron chi connectivity index (χ4n) is 9.81. The van der Waals surface area contributed by atoms with Crippen LogP contribution < -0.4 is 0 Å². The third-order valence-corrected chi connectivity index (χ3v) is 11.5. The van der Waals surface area contributed by atoms with Gasteiger partial charge in [0.15, 0.2) is 0 Å². The summed E-state index contributed by atoms with van der Waals surface area (Å²) >= 11 is 0. The molecule has 212 valence electrons. The van der Waals surface area contributed by atoms with Crippen molar-refractivity contribution in [3.05, 3.63) is 30.1 Å². The fraction of sp³-hybridized carbons (Fsp3) is 0.758. The van der Waals surface area contributed by atoms with Crippen molar-refractivity contribution in [1.82, 2.24) is 19.4 Å². The summed E-state index contributed by atoms with van der Waals surface area (Å²) in [4.78, 5) is 21.7. The lowest BCUT2D eigenvalue weighted by molar-refractivity contribution is -0.138. The lowest BCUT2D eigenvalue weighted by Gasteiger charge is -2.56. The Balaban J connectivity index is 1.16. The molecule has 3 saturated heterocycles. The lowest BCUT2D eigenvalue weighted by atomic mass is 9.71. The number of piperidine rings is 3. The van der Waals surface area contributed by atoms with Crippen LogP contribution in [0.1, 0.15) is 108 Å². The molecule has 1 aromatic carbocycles. The van der Waals surface area contributed by atoms with Crippen LogP contribution in [0.5, 0.6) is 0 Å². The second-order valence-corrected chi connectivity index (χ2v) is 14.0. The molecule has 2 aromatic rings.